The van der Waals surface area contributed by atoms with E-state index in [1.807, 2.05) is 0 Å². The van der Waals surface area contributed by atoms with Gasteiger partial charge >= 0.3 is 0 Å². The average molecular weight is 381 g/mol. The van der Waals surface area contributed by atoms with Gasteiger partial charge in [0, 0.05) is 18.7 Å². The van der Waals surface area contributed by atoms with E-state index >= 15 is 0 Å². The summed E-state index contributed by atoms with van der Waals surface area (Å²) in [6.45, 7) is 0.834. The van der Waals surface area contributed by atoms with Crippen LogP contribution in [0.3, 0.4) is 0 Å². The molecule has 28 heavy (non-hydrogen) atoms. The quantitative estimate of drug-likeness (QED) is 0.501. The lowest BCUT2D eigenvalue weighted by molar-refractivity contribution is -0.140. The number of ether oxygens (including phenoxy) is 1. The number of carbonyl (C=O) groups excluding carboxylic acids is 2. The van der Waals surface area contributed by atoms with Crippen molar-refractivity contribution in [2.45, 2.75) is 25.0 Å². The third-order valence-electron chi connectivity index (χ3n) is 5.18. The lowest BCUT2D eigenvalue weighted by atomic mass is 9.95. The van der Waals surface area contributed by atoms with Gasteiger partial charge in [-0.1, -0.05) is 42.5 Å². The molecular weight excluding hydrogens is 361 g/mol. The second-order valence-electron chi connectivity index (χ2n) is 7.01. The fraction of sp³-hybridized carbons (Fsp3) is 0.273. The van der Waals surface area contributed by atoms with Crippen LogP contribution in [-0.4, -0.2) is 41.0 Å². The van der Waals surface area contributed by atoms with Crippen LogP contribution >= 0.6 is 0 Å². The number of halogens is 1. The molecule has 0 spiro atoms. The Bertz CT molecular complexity index is 935. The highest BCUT2D eigenvalue weighted by Crippen LogP contribution is 2.40. The Morgan fingerprint density at radius 3 is 2.61 bits per heavy atom. The van der Waals surface area contributed by atoms with E-state index in [2.05, 4.69) is 0 Å². The second-order valence-corrected chi connectivity index (χ2v) is 7.01. The predicted molar refractivity (Wildman–Crippen MR) is 101 cm³/mol. The van der Waals surface area contributed by atoms with E-state index in [9.17, 15) is 19.1 Å². The molecule has 2 aliphatic rings. The molecule has 2 aromatic rings. The highest BCUT2D eigenvalue weighted by Gasteiger charge is 2.47. The number of carbonyl (C=O) groups is 2. The summed E-state index contributed by atoms with van der Waals surface area (Å²) in [7, 11) is 0. The van der Waals surface area contributed by atoms with Crippen molar-refractivity contribution in [3.05, 3.63) is 77.1 Å². The van der Waals surface area contributed by atoms with E-state index in [0.717, 1.165) is 12.8 Å². The predicted octanol–water partition coefficient (Wildman–Crippen LogP) is 3.43. The molecule has 1 N–H and O–H groups in total. The SMILES string of the molecule is O=C1C(=O)N(C[C@@H]2CCCO2)[C@@H](c2cccc(F)c2)/C1=C(\O)c1ccccc1. The van der Waals surface area contributed by atoms with Crippen molar-refractivity contribution in [3.8, 4) is 0 Å². The van der Waals surface area contributed by atoms with E-state index in [0.29, 0.717) is 17.7 Å². The van der Waals surface area contributed by atoms with Gasteiger partial charge in [-0.3, -0.25) is 9.59 Å². The minimum Gasteiger partial charge on any atom is -0.507 e. The Morgan fingerprint density at radius 2 is 1.93 bits per heavy atom. The van der Waals surface area contributed by atoms with Gasteiger partial charge in [-0.15, -0.1) is 0 Å². The molecule has 0 aromatic heterocycles. The number of hydrogen-bond acceptors (Lipinski definition) is 4. The molecule has 2 saturated heterocycles. The van der Waals surface area contributed by atoms with Crippen LogP contribution in [0.25, 0.3) is 5.76 Å². The Labute approximate surface area is 162 Å². The minimum absolute atomic E-state index is 0.0280. The maximum atomic E-state index is 13.9. The van der Waals surface area contributed by atoms with Crippen LogP contribution in [-0.2, 0) is 14.3 Å². The highest BCUT2D eigenvalue weighted by molar-refractivity contribution is 6.46. The summed E-state index contributed by atoms with van der Waals surface area (Å²) in [5.41, 5.74) is 0.841. The molecule has 2 fully saturated rings. The number of aliphatic hydroxyl groups excluding tert-OH is 1. The number of hydrogen-bond donors (Lipinski definition) is 1. The third-order valence-corrected chi connectivity index (χ3v) is 5.18. The van der Waals surface area contributed by atoms with Crippen LogP contribution in [0.15, 0.2) is 60.2 Å². The molecule has 0 saturated carbocycles. The van der Waals surface area contributed by atoms with Gasteiger partial charge < -0.3 is 14.7 Å². The minimum atomic E-state index is -0.861. The first kappa shape index (κ1) is 18.4. The van der Waals surface area contributed by atoms with Gasteiger partial charge in [-0.05, 0) is 30.5 Å². The number of Topliss-reactive ketones (excluding diaryl/α,β-unsaturated/α-hetero) is 1. The zero-order valence-electron chi connectivity index (χ0n) is 15.2. The Morgan fingerprint density at radius 1 is 1.14 bits per heavy atom. The smallest absolute Gasteiger partial charge is 0.295 e. The average Bonchev–Trinajstić information content (AvgIpc) is 3.30. The first-order valence-electron chi connectivity index (χ1n) is 9.27. The van der Waals surface area contributed by atoms with Gasteiger partial charge in [0.25, 0.3) is 11.7 Å². The Hall–Kier alpha value is -2.99. The summed E-state index contributed by atoms with van der Waals surface area (Å²) in [4.78, 5) is 27.0. The number of likely N-dealkylation sites (tertiary alicyclic amines) is 1. The largest absolute Gasteiger partial charge is 0.507 e. The zero-order valence-corrected chi connectivity index (χ0v) is 15.2. The maximum Gasteiger partial charge on any atom is 0.295 e. The maximum absolute atomic E-state index is 13.9. The van der Waals surface area contributed by atoms with E-state index in [-0.39, 0.29) is 24.0 Å². The van der Waals surface area contributed by atoms with E-state index in [4.69, 9.17) is 4.74 Å². The Kier molecular flexibility index (Phi) is 4.96. The lowest BCUT2D eigenvalue weighted by Gasteiger charge is -2.27. The van der Waals surface area contributed by atoms with Crippen molar-refractivity contribution in [2.24, 2.45) is 0 Å². The molecule has 2 aromatic carbocycles. The van der Waals surface area contributed by atoms with E-state index < -0.39 is 23.5 Å². The molecule has 144 valence electrons. The number of ketones is 1. The van der Waals surface area contributed by atoms with Crippen LogP contribution in [0.2, 0.25) is 0 Å². The van der Waals surface area contributed by atoms with Crippen molar-refractivity contribution >= 4 is 17.4 Å². The molecule has 0 radical (unpaired) electrons. The molecule has 0 aliphatic carbocycles. The summed E-state index contributed by atoms with van der Waals surface area (Å²) in [5, 5.41) is 10.8. The molecule has 2 aliphatic heterocycles. The molecule has 2 atom stereocenters. The first-order valence-corrected chi connectivity index (χ1v) is 9.27. The molecule has 6 heteroatoms. The highest BCUT2D eigenvalue weighted by atomic mass is 19.1. The lowest BCUT2D eigenvalue weighted by Crippen LogP contribution is -2.36. The van der Waals surface area contributed by atoms with Gasteiger partial charge in [0.2, 0.25) is 0 Å². The summed E-state index contributed by atoms with van der Waals surface area (Å²) < 4.78 is 19.5. The van der Waals surface area contributed by atoms with Gasteiger partial charge in [0.05, 0.1) is 17.7 Å². The standard InChI is InChI=1S/C22H20FNO4/c23-16-9-4-8-15(12-16)19-18(20(25)14-6-2-1-3-7-14)21(26)22(27)24(19)13-17-10-5-11-28-17/h1-4,6-9,12,17,19,25H,5,10-11,13H2/b20-18+/t17-,19-/m0/s1. The van der Waals surface area contributed by atoms with E-state index in [1.165, 1.54) is 23.1 Å². The number of amides is 1. The van der Waals surface area contributed by atoms with Crippen LogP contribution in [0.1, 0.15) is 30.0 Å². The topological polar surface area (TPSA) is 66.8 Å². The number of nitrogens with zero attached hydrogens (tertiary/aromatic N) is 1. The van der Waals surface area contributed by atoms with Crippen molar-refractivity contribution in [2.75, 3.05) is 13.2 Å². The fourth-order valence-electron chi connectivity index (χ4n) is 3.85. The van der Waals surface area contributed by atoms with Crippen molar-refractivity contribution < 1.29 is 23.8 Å². The number of benzene rings is 2. The number of rotatable bonds is 4. The molecule has 0 bridgehead atoms. The fourth-order valence-corrected chi connectivity index (χ4v) is 3.85. The summed E-state index contributed by atoms with van der Waals surface area (Å²) in [5.74, 6) is -2.21. The molecule has 5 nitrogen and oxygen atoms in total. The van der Waals surface area contributed by atoms with Crippen molar-refractivity contribution in [3.63, 3.8) is 0 Å². The Balaban J connectivity index is 1.83. The molecule has 0 unspecified atom stereocenters. The monoisotopic (exact) mass is 381 g/mol. The van der Waals surface area contributed by atoms with Crippen LogP contribution in [0.5, 0.6) is 0 Å². The third kappa shape index (κ3) is 3.31. The van der Waals surface area contributed by atoms with Gasteiger partial charge in [0.15, 0.2) is 0 Å². The van der Waals surface area contributed by atoms with Gasteiger partial charge in [0.1, 0.15) is 11.6 Å². The molecule has 2 heterocycles. The first-order chi connectivity index (χ1) is 13.6. The molecule has 4 rings (SSSR count). The van der Waals surface area contributed by atoms with Crippen LogP contribution < -0.4 is 0 Å². The van der Waals surface area contributed by atoms with Crippen LogP contribution in [0.4, 0.5) is 4.39 Å². The van der Waals surface area contributed by atoms with Gasteiger partial charge in [-0.2, -0.15) is 0 Å². The molecular formula is C22H20FNO4. The van der Waals surface area contributed by atoms with Crippen molar-refractivity contribution in [1.82, 2.24) is 4.90 Å². The molecule has 1 amide bonds. The second kappa shape index (κ2) is 7.56. The number of aliphatic hydroxyl groups is 1. The van der Waals surface area contributed by atoms with E-state index in [1.54, 1.807) is 36.4 Å². The van der Waals surface area contributed by atoms with Gasteiger partial charge in [-0.25, -0.2) is 4.39 Å². The summed E-state index contributed by atoms with van der Waals surface area (Å²) in [6.07, 6.45) is 1.51. The van der Waals surface area contributed by atoms with Crippen molar-refractivity contribution in [1.29, 1.82) is 0 Å². The normalized spacial score (nSPS) is 24.1. The summed E-state index contributed by atoms with van der Waals surface area (Å²) >= 11 is 0. The van der Waals surface area contributed by atoms with Crippen LogP contribution in [0, 0.1) is 5.82 Å². The summed E-state index contributed by atoms with van der Waals surface area (Å²) in [6, 6.07) is 13.5. The zero-order chi connectivity index (χ0) is 19.7.